The number of fused-ring (bicyclic) bond motifs is 2. The number of aromatic hydroxyl groups is 1. The Morgan fingerprint density at radius 1 is 0.882 bits per heavy atom. The number of amides is 1. The molecule has 0 saturated heterocycles. The van der Waals surface area contributed by atoms with Gasteiger partial charge in [-0.1, -0.05) is 78.3 Å². The van der Waals surface area contributed by atoms with Crippen LogP contribution in [0, 0.1) is 0 Å². The van der Waals surface area contributed by atoms with Gasteiger partial charge >= 0.3 is 0 Å². The van der Waals surface area contributed by atoms with Gasteiger partial charge in [0.25, 0.3) is 5.91 Å². The van der Waals surface area contributed by atoms with E-state index in [4.69, 9.17) is 16.6 Å². The number of aromatic nitrogens is 1. The van der Waals surface area contributed by atoms with Crippen LogP contribution in [0.3, 0.4) is 0 Å². The highest BCUT2D eigenvalue weighted by Gasteiger charge is 2.16. The molecule has 0 bridgehead atoms. The second-order valence-electron chi connectivity index (χ2n) is 7.87. The Morgan fingerprint density at radius 3 is 2.41 bits per heavy atom. The number of carbonyl (C=O) groups excluding carboxylic acids is 1. The molecule has 0 aliphatic carbocycles. The number of pyridine rings is 1. The Balaban J connectivity index is 1.52. The summed E-state index contributed by atoms with van der Waals surface area (Å²) in [6.07, 6.45) is 0. The third-order valence-electron chi connectivity index (χ3n) is 5.73. The van der Waals surface area contributed by atoms with Gasteiger partial charge in [-0.25, -0.2) is 10.4 Å². The molecule has 0 atom stereocenters. The smallest absolute Gasteiger partial charge is 0.272 e. The minimum absolute atomic E-state index is 0.129. The Bertz CT molecular complexity index is 1590. The molecule has 6 heteroatoms. The van der Waals surface area contributed by atoms with Crippen LogP contribution in [0.1, 0.15) is 22.8 Å². The summed E-state index contributed by atoms with van der Waals surface area (Å²) in [7, 11) is 0. The summed E-state index contributed by atoms with van der Waals surface area (Å²) in [5.74, 6) is -0.254. The number of benzene rings is 4. The molecule has 0 radical (unpaired) electrons. The molecular weight excluding hydrogens is 446 g/mol. The zero-order chi connectivity index (χ0) is 23.7. The zero-order valence-corrected chi connectivity index (χ0v) is 19.0. The van der Waals surface area contributed by atoms with Crippen molar-refractivity contribution in [3.63, 3.8) is 0 Å². The fraction of sp³-hybridized carbons (Fsp3) is 0.0357. The molecule has 34 heavy (non-hydrogen) atoms. The molecule has 4 aromatic carbocycles. The topological polar surface area (TPSA) is 74.6 Å². The van der Waals surface area contributed by atoms with E-state index in [1.165, 1.54) is 0 Å². The SMILES string of the molecule is C/C(=N\NC(=O)c1cc(-c2ccccc2Cl)nc2ccccc12)c1ccc2ccccc2c1O. The van der Waals surface area contributed by atoms with Gasteiger partial charge in [-0.15, -0.1) is 0 Å². The van der Waals surface area contributed by atoms with Crippen molar-refractivity contribution in [1.82, 2.24) is 10.4 Å². The molecule has 5 aromatic rings. The van der Waals surface area contributed by atoms with Crippen LogP contribution >= 0.6 is 11.6 Å². The van der Waals surface area contributed by atoms with E-state index in [0.29, 0.717) is 38.5 Å². The quantitative estimate of drug-likeness (QED) is 0.233. The summed E-state index contributed by atoms with van der Waals surface area (Å²) < 4.78 is 0. The number of phenols is 1. The summed E-state index contributed by atoms with van der Waals surface area (Å²) in [6.45, 7) is 1.74. The van der Waals surface area contributed by atoms with E-state index in [9.17, 15) is 9.90 Å². The molecule has 0 spiro atoms. The van der Waals surface area contributed by atoms with Gasteiger partial charge in [0.2, 0.25) is 0 Å². The molecule has 1 amide bonds. The lowest BCUT2D eigenvalue weighted by molar-refractivity contribution is 0.0956. The largest absolute Gasteiger partial charge is 0.507 e. The van der Waals surface area contributed by atoms with Crippen molar-refractivity contribution < 1.29 is 9.90 Å². The lowest BCUT2D eigenvalue weighted by Crippen LogP contribution is -2.20. The Kier molecular flexibility index (Phi) is 5.70. The first kappa shape index (κ1) is 21.6. The van der Waals surface area contributed by atoms with Gasteiger partial charge in [0, 0.05) is 26.9 Å². The van der Waals surface area contributed by atoms with E-state index in [0.717, 1.165) is 16.3 Å². The predicted molar refractivity (Wildman–Crippen MR) is 137 cm³/mol. The van der Waals surface area contributed by atoms with Gasteiger partial charge in [-0.3, -0.25) is 4.79 Å². The van der Waals surface area contributed by atoms with E-state index in [1.54, 1.807) is 25.1 Å². The Labute approximate surface area is 201 Å². The minimum Gasteiger partial charge on any atom is -0.507 e. The molecule has 0 saturated carbocycles. The molecule has 0 aliphatic rings. The van der Waals surface area contributed by atoms with Crippen molar-refractivity contribution in [2.45, 2.75) is 6.92 Å². The first-order chi connectivity index (χ1) is 16.5. The van der Waals surface area contributed by atoms with Crippen molar-refractivity contribution in [3.8, 4) is 17.0 Å². The summed E-state index contributed by atoms with van der Waals surface area (Å²) in [5, 5.41) is 17.9. The number of hydrogen-bond acceptors (Lipinski definition) is 4. The first-order valence-electron chi connectivity index (χ1n) is 10.7. The fourth-order valence-electron chi connectivity index (χ4n) is 3.97. The maximum Gasteiger partial charge on any atom is 0.272 e. The maximum absolute atomic E-state index is 13.2. The molecule has 0 unspecified atom stereocenters. The van der Waals surface area contributed by atoms with E-state index >= 15 is 0 Å². The van der Waals surface area contributed by atoms with Gasteiger partial charge in [0.15, 0.2) is 0 Å². The third kappa shape index (κ3) is 3.98. The highest BCUT2D eigenvalue weighted by molar-refractivity contribution is 6.33. The van der Waals surface area contributed by atoms with Crippen LogP contribution in [-0.2, 0) is 0 Å². The van der Waals surface area contributed by atoms with Gasteiger partial charge in [-0.05, 0) is 36.6 Å². The highest BCUT2D eigenvalue weighted by Crippen LogP contribution is 2.30. The average Bonchev–Trinajstić information content (AvgIpc) is 2.87. The second-order valence-corrected chi connectivity index (χ2v) is 8.28. The first-order valence-corrected chi connectivity index (χ1v) is 11.1. The van der Waals surface area contributed by atoms with Crippen molar-refractivity contribution >= 4 is 44.9 Å². The fourth-order valence-corrected chi connectivity index (χ4v) is 4.20. The molecule has 5 nitrogen and oxygen atoms in total. The number of phenolic OH excluding ortho intramolecular Hbond substituents is 1. The number of halogens is 1. The number of nitrogens with one attached hydrogen (secondary N) is 1. The van der Waals surface area contributed by atoms with Crippen LogP contribution in [0.2, 0.25) is 5.02 Å². The molecule has 1 heterocycles. The zero-order valence-electron chi connectivity index (χ0n) is 18.3. The number of rotatable bonds is 4. The van der Waals surface area contributed by atoms with Crippen LogP contribution in [0.4, 0.5) is 0 Å². The Morgan fingerprint density at radius 2 is 1.59 bits per heavy atom. The van der Waals surface area contributed by atoms with Crippen LogP contribution < -0.4 is 5.43 Å². The van der Waals surface area contributed by atoms with Crippen molar-refractivity contribution in [3.05, 3.63) is 107 Å². The summed E-state index contributed by atoms with van der Waals surface area (Å²) >= 11 is 6.38. The minimum atomic E-state index is -0.383. The molecule has 0 aliphatic heterocycles. The number of nitrogens with zero attached hydrogens (tertiary/aromatic N) is 2. The van der Waals surface area contributed by atoms with Crippen LogP contribution in [0.5, 0.6) is 5.75 Å². The molecule has 0 fully saturated rings. The molecule has 5 rings (SSSR count). The van der Waals surface area contributed by atoms with Gasteiger partial charge in [0.1, 0.15) is 5.75 Å². The standard InChI is InChI=1S/C28H20ClN3O2/c1-17(19-15-14-18-8-2-3-9-20(18)27(19)33)31-32-28(34)23-16-26(22-11-4-6-12-24(22)29)30-25-13-7-5-10-21(23)25/h2-16,33H,1H3,(H,32,34)/b31-17+. The van der Waals surface area contributed by atoms with Gasteiger partial charge < -0.3 is 5.11 Å². The predicted octanol–water partition coefficient (Wildman–Crippen LogP) is 6.57. The number of hydrazone groups is 1. The number of hydrogen-bond donors (Lipinski definition) is 2. The highest BCUT2D eigenvalue weighted by atomic mass is 35.5. The van der Waals surface area contributed by atoms with Crippen molar-refractivity contribution in [1.29, 1.82) is 0 Å². The third-order valence-corrected chi connectivity index (χ3v) is 6.06. The molecular formula is C28H20ClN3O2. The monoisotopic (exact) mass is 465 g/mol. The van der Waals surface area contributed by atoms with Crippen LogP contribution in [0.15, 0.2) is 96.1 Å². The summed E-state index contributed by atoms with van der Waals surface area (Å²) in [4.78, 5) is 17.9. The lowest BCUT2D eigenvalue weighted by Gasteiger charge is -2.11. The second kappa shape index (κ2) is 8.96. The van der Waals surface area contributed by atoms with Crippen LogP contribution in [0.25, 0.3) is 32.9 Å². The van der Waals surface area contributed by atoms with Gasteiger partial charge in [0.05, 0.1) is 22.5 Å². The Hall–Kier alpha value is -4.22. The van der Waals surface area contributed by atoms with Crippen LogP contribution in [-0.4, -0.2) is 21.7 Å². The van der Waals surface area contributed by atoms with Gasteiger partial charge in [-0.2, -0.15) is 5.10 Å². The molecule has 1 aromatic heterocycles. The number of para-hydroxylation sites is 1. The molecule has 166 valence electrons. The summed E-state index contributed by atoms with van der Waals surface area (Å²) in [5.41, 5.74) is 6.12. The van der Waals surface area contributed by atoms with E-state index in [1.807, 2.05) is 72.8 Å². The normalized spacial score (nSPS) is 11.6. The lowest BCUT2D eigenvalue weighted by atomic mass is 10.0. The van der Waals surface area contributed by atoms with Crippen molar-refractivity contribution in [2.75, 3.05) is 0 Å². The summed E-state index contributed by atoms with van der Waals surface area (Å²) in [6, 6.07) is 27.8. The van der Waals surface area contributed by atoms with E-state index in [2.05, 4.69) is 10.5 Å². The maximum atomic E-state index is 13.2. The average molecular weight is 466 g/mol. The number of carbonyl (C=O) groups is 1. The van der Waals surface area contributed by atoms with E-state index < -0.39 is 0 Å². The van der Waals surface area contributed by atoms with Crippen molar-refractivity contribution in [2.24, 2.45) is 5.10 Å². The van der Waals surface area contributed by atoms with E-state index in [-0.39, 0.29) is 11.7 Å². The molecule has 2 N–H and O–H groups in total.